The van der Waals surface area contributed by atoms with Gasteiger partial charge in [0.05, 0.1) is 0 Å². The van der Waals surface area contributed by atoms with E-state index < -0.39 is 5.97 Å². The Morgan fingerprint density at radius 3 is 1.29 bits per heavy atom. The van der Waals surface area contributed by atoms with Gasteiger partial charge < -0.3 is 5.11 Å². The number of benzene rings is 2. The summed E-state index contributed by atoms with van der Waals surface area (Å²) in [6.45, 7) is 3.24. The molecular weight excluding hydrogens is 502 g/mol. The van der Waals surface area contributed by atoms with E-state index in [9.17, 15) is 4.79 Å². The van der Waals surface area contributed by atoms with E-state index in [-0.39, 0.29) is 0 Å². The van der Waals surface area contributed by atoms with Gasteiger partial charge in [-0.25, -0.2) is 0 Å². The minimum Gasteiger partial charge on any atom is -0.481 e. The van der Waals surface area contributed by atoms with Crippen molar-refractivity contribution in [3.05, 3.63) is 83.9 Å². The summed E-state index contributed by atoms with van der Waals surface area (Å²) in [5.74, 6) is -0.660. The van der Waals surface area contributed by atoms with Crippen LogP contribution in [0.3, 0.4) is 0 Å². The molecule has 3 heteroatoms. The van der Waals surface area contributed by atoms with E-state index in [1.807, 2.05) is 0 Å². The first-order chi connectivity index (χ1) is 20.2. The molecular formula is C38H59NO2. The van der Waals surface area contributed by atoms with Gasteiger partial charge in [-0.3, -0.25) is 9.69 Å². The lowest BCUT2D eigenvalue weighted by Crippen LogP contribution is -2.24. The van der Waals surface area contributed by atoms with Crippen LogP contribution in [-0.2, 0) is 17.9 Å². The van der Waals surface area contributed by atoms with Crippen LogP contribution < -0.4 is 0 Å². The van der Waals surface area contributed by atoms with Crippen LogP contribution in [0.1, 0.15) is 140 Å². The van der Waals surface area contributed by atoms with Crippen LogP contribution in [0, 0.1) is 0 Å². The van der Waals surface area contributed by atoms with Gasteiger partial charge in [-0.2, -0.15) is 0 Å². The predicted molar refractivity (Wildman–Crippen MR) is 176 cm³/mol. The van der Waals surface area contributed by atoms with Crippen molar-refractivity contribution in [2.75, 3.05) is 6.54 Å². The highest BCUT2D eigenvalue weighted by molar-refractivity contribution is 5.66. The molecule has 0 aliphatic carbocycles. The molecule has 2 aromatic rings. The van der Waals surface area contributed by atoms with Crippen LogP contribution in [0.2, 0.25) is 0 Å². The van der Waals surface area contributed by atoms with E-state index in [0.717, 1.165) is 25.9 Å². The van der Waals surface area contributed by atoms with Gasteiger partial charge in [-0.05, 0) is 56.2 Å². The number of rotatable bonds is 27. The molecule has 0 heterocycles. The number of nitrogens with zero attached hydrogens (tertiary/aromatic N) is 1. The standard InChI is InChI=1S/C38H59NO2/c40-38(41)32-26-18-16-14-12-10-8-6-4-2-1-3-5-7-9-11-13-15-17-19-27-33-39(34-36-28-22-20-23-29-36)35-37-30-24-21-25-31-37/h1-2,20-25,28-31H,3-19,26-27,32-35H2,(H,40,41)/b2-1+. The Kier molecular flexibility index (Phi) is 21.5. The van der Waals surface area contributed by atoms with E-state index in [1.54, 1.807) is 0 Å². The Hall–Kier alpha value is -2.39. The number of carboxylic acids is 1. The summed E-state index contributed by atoms with van der Waals surface area (Å²) in [6.07, 6.45) is 29.6. The number of hydrogen-bond donors (Lipinski definition) is 1. The zero-order chi connectivity index (χ0) is 29.1. The lowest BCUT2D eigenvalue weighted by Gasteiger charge is -2.22. The molecule has 1 N–H and O–H groups in total. The summed E-state index contributed by atoms with van der Waals surface area (Å²) in [4.78, 5) is 13.1. The second kappa shape index (κ2) is 25.3. The Morgan fingerprint density at radius 1 is 0.512 bits per heavy atom. The maximum Gasteiger partial charge on any atom is 0.303 e. The summed E-state index contributed by atoms with van der Waals surface area (Å²) in [6, 6.07) is 21.8. The fourth-order valence-electron chi connectivity index (χ4n) is 5.57. The Bertz CT molecular complexity index is 838. The third-order valence-electron chi connectivity index (χ3n) is 8.02. The first kappa shape index (κ1) is 34.8. The molecule has 0 amide bonds. The second-order valence-corrected chi connectivity index (χ2v) is 11.9. The number of allylic oxidation sites excluding steroid dienone is 2. The van der Waals surface area contributed by atoms with Gasteiger partial charge in [0.1, 0.15) is 0 Å². The number of hydrogen-bond acceptors (Lipinski definition) is 2. The molecule has 0 atom stereocenters. The molecule has 41 heavy (non-hydrogen) atoms. The van der Waals surface area contributed by atoms with Crippen LogP contribution in [0.15, 0.2) is 72.8 Å². The van der Waals surface area contributed by atoms with Gasteiger partial charge in [0.25, 0.3) is 0 Å². The van der Waals surface area contributed by atoms with Gasteiger partial charge in [-0.15, -0.1) is 0 Å². The SMILES string of the molecule is O=C(O)CCCCCCCCCC/C=C/CCCCCCCCCCCN(Cc1ccccc1)Cc1ccccc1. The van der Waals surface area contributed by atoms with Crippen molar-refractivity contribution in [2.45, 2.75) is 142 Å². The molecule has 0 saturated heterocycles. The van der Waals surface area contributed by atoms with Crippen LogP contribution >= 0.6 is 0 Å². The van der Waals surface area contributed by atoms with Gasteiger partial charge in [0.15, 0.2) is 0 Å². The van der Waals surface area contributed by atoms with Crippen molar-refractivity contribution in [2.24, 2.45) is 0 Å². The minimum atomic E-state index is -0.660. The lowest BCUT2D eigenvalue weighted by atomic mass is 10.1. The normalized spacial score (nSPS) is 11.5. The number of unbranched alkanes of at least 4 members (excludes halogenated alkanes) is 17. The van der Waals surface area contributed by atoms with E-state index in [2.05, 4.69) is 77.7 Å². The summed E-state index contributed by atoms with van der Waals surface area (Å²) < 4.78 is 0. The molecule has 0 bridgehead atoms. The highest BCUT2D eigenvalue weighted by atomic mass is 16.4. The largest absolute Gasteiger partial charge is 0.481 e. The average molecular weight is 562 g/mol. The van der Waals surface area contributed by atoms with Crippen LogP contribution in [0.5, 0.6) is 0 Å². The monoisotopic (exact) mass is 561 g/mol. The minimum absolute atomic E-state index is 0.332. The quantitative estimate of drug-likeness (QED) is 0.0871. The van der Waals surface area contributed by atoms with Crippen LogP contribution in [-0.4, -0.2) is 22.5 Å². The molecule has 3 nitrogen and oxygen atoms in total. The summed E-state index contributed by atoms with van der Waals surface area (Å²) in [7, 11) is 0. The molecule has 2 rings (SSSR count). The number of aliphatic carboxylic acids is 1. The number of carboxylic acid groups (broad SMARTS) is 1. The van der Waals surface area contributed by atoms with Crippen molar-refractivity contribution >= 4 is 5.97 Å². The fraction of sp³-hybridized carbons (Fsp3) is 0.605. The maximum atomic E-state index is 10.5. The average Bonchev–Trinajstić information content (AvgIpc) is 2.98. The zero-order valence-electron chi connectivity index (χ0n) is 26.0. The molecule has 0 unspecified atom stereocenters. The van der Waals surface area contributed by atoms with Gasteiger partial charge in [0, 0.05) is 19.5 Å². The fourth-order valence-corrected chi connectivity index (χ4v) is 5.57. The highest BCUT2D eigenvalue weighted by Crippen LogP contribution is 2.15. The first-order valence-corrected chi connectivity index (χ1v) is 16.9. The molecule has 0 saturated carbocycles. The van der Waals surface area contributed by atoms with Gasteiger partial charge in [-0.1, -0.05) is 156 Å². The molecule has 0 aromatic heterocycles. The van der Waals surface area contributed by atoms with Crippen molar-refractivity contribution in [3.8, 4) is 0 Å². The van der Waals surface area contributed by atoms with Crippen molar-refractivity contribution in [1.29, 1.82) is 0 Å². The topological polar surface area (TPSA) is 40.5 Å². The van der Waals surface area contributed by atoms with Crippen molar-refractivity contribution in [3.63, 3.8) is 0 Å². The van der Waals surface area contributed by atoms with Gasteiger partial charge >= 0.3 is 5.97 Å². The molecule has 0 spiro atoms. The third-order valence-corrected chi connectivity index (χ3v) is 8.02. The Labute approximate surface area is 252 Å². The molecule has 0 aliphatic heterocycles. The second-order valence-electron chi connectivity index (χ2n) is 11.9. The molecule has 0 fully saturated rings. The molecule has 0 aliphatic rings. The van der Waals surface area contributed by atoms with Gasteiger partial charge in [0.2, 0.25) is 0 Å². The van der Waals surface area contributed by atoms with Crippen LogP contribution in [0.4, 0.5) is 0 Å². The molecule has 2 aromatic carbocycles. The Morgan fingerprint density at radius 2 is 0.878 bits per heavy atom. The number of carbonyl (C=O) groups is 1. The Balaban J connectivity index is 1.36. The highest BCUT2D eigenvalue weighted by Gasteiger charge is 2.07. The van der Waals surface area contributed by atoms with E-state index in [1.165, 1.54) is 127 Å². The summed E-state index contributed by atoms with van der Waals surface area (Å²) in [5, 5.41) is 8.64. The summed E-state index contributed by atoms with van der Waals surface area (Å²) >= 11 is 0. The smallest absolute Gasteiger partial charge is 0.303 e. The predicted octanol–water partition coefficient (Wildman–Crippen LogP) is 11.1. The van der Waals surface area contributed by atoms with Crippen molar-refractivity contribution < 1.29 is 9.90 Å². The van der Waals surface area contributed by atoms with E-state index in [4.69, 9.17) is 5.11 Å². The van der Waals surface area contributed by atoms with Crippen molar-refractivity contribution in [1.82, 2.24) is 4.90 Å². The molecule has 228 valence electrons. The summed E-state index contributed by atoms with van der Waals surface area (Å²) in [5.41, 5.74) is 2.81. The van der Waals surface area contributed by atoms with Crippen LogP contribution in [0.25, 0.3) is 0 Å². The first-order valence-electron chi connectivity index (χ1n) is 16.9. The molecule has 0 radical (unpaired) electrons. The van der Waals surface area contributed by atoms with E-state index in [0.29, 0.717) is 6.42 Å². The van der Waals surface area contributed by atoms with E-state index >= 15 is 0 Å². The maximum absolute atomic E-state index is 10.5. The third kappa shape index (κ3) is 21.0. The lowest BCUT2D eigenvalue weighted by molar-refractivity contribution is -0.137. The zero-order valence-corrected chi connectivity index (χ0v) is 26.0.